The van der Waals surface area contributed by atoms with Crippen molar-refractivity contribution in [2.45, 2.75) is 32.4 Å². The molecule has 0 saturated carbocycles. The number of hydrogen-bond acceptors (Lipinski definition) is 5. The molecule has 2 fully saturated rings. The Hall–Kier alpha value is -1.86. The molecule has 2 aliphatic rings. The topological polar surface area (TPSA) is 65.0 Å². The Balaban J connectivity index is 1.56. The summed E-state index contributed by atoms with van der Waals surface area (Å²) in [7, 11) is 2.17. The molecule has 0 spiro atoms. The van der Waals surface area contributed by atoms with Crippen molar-refractivity contribution in [1.82, 2.24) is 20.5 Å². The van der Waals surface area contributed by atoms with Gasteiger partial charge in [-0.1, -0.05) is 0 Å². The van der Waals surface area contributed by atoms with Gasteiger partial charge < -0.3 is 25.2 Å². The van der Waals surface area contributed by atoms with Crippen LogP contribution < -0.4 is 15.5 Å². The first kappa shape index (κ1) is 18.9. The van der Waals surface area contributed by atoms with Crippen LogP contribution >= 0.6 is 0 Å². The van der Waals surface area contributed by atoms with Crippen LogP contribution in [0.3, 0.4) is 0 Å². The van der Waals surface area contributed by atoms with Gasteiger partial charge in [-0.3, -0.25) is 0 Å². The van der Waals surface area contributed by atoms with Crippen molar-refractivity contribution in [3.8, 4) is 0 Å². The molecule has 1 aromatic heterocycles. The Morgan fingerprint density at radius 2 is 2.15 bits per heavy atom. The van der Waals surface area contributed by atoms with Gasteiger partial charge in [-0.05, 0) is 44.5 Å². The predicted octanol–water partition coefficient (Wildman–Crippen LogP) is 1.07. The number of ether oxygens (including phenoxy) is 1. The lowest BCUT2D eigenvalue weighted by atomic mass is 10.2. The molecule has 7 nitrogen and oxygen atoms in total. The molecular weight excluding hydrogens is 328 g/mol. The second-order valence-electron chi connectivity index (χ2n) is 7.02. The van der Waals surface area contributed by atoms with Gasteiger partial charge in [0.05, 0.1) is 12.6 Å². The zero-order valence-electron chi connectivity index (χ0n) is 16.1. The van der Waals surface area contributed by atoms with Gasteiger partial charge in [-0.2, -0.15) is 0 Å². The number of rotatable bonds is 6. The fourth-order valence-corrected chi connectivity index (χ4v) is 3.30. The van der Waals surface area contributed by atoms with Crippen molar-refractivity contribution in [2.24, 2.45) is 4.99 Å². The molecule has 0 radical (unpaired) electrons. The number of aromatic nitrogens is 1. The van der Waals surface area contributed by atoms with E-state index in [0.29, 0.717) is 12.6 Å². The zero-order chi connectivity index (χ0) is 18.2. The van der Waals surface area contributed by atoms with Crippen LogP contribution in [-0.4, -0.2) is 74.9 Å². The fraction of sp³-hybridized carbons (Fsp3) is 0.684. The average molecular weight is 361 g/mol. The molecule has 0 bridgehead atoms. The molecule has 3 rings (SSSR count). The first-order valence-corrected chi connectivity index (χ1v) is 9.77. The lowest BCUT2D eigenvalue weighted by molar-refractivity contribution is 0.114. The smallest absolute Gasteiger partial charge is 0.191 e. The minimum atomic E-state index is 0.309. The number of nitrogens with zero attached hydrogens (tertiary/aromatic N) is 4. The molecule has 2 saturated heterocycles. The highest BCUT2D eigenvalue weighted by atomic mass is 16.5. The molecule has 2 aliphatic heterocycles. The maximum Gasteiger partial charge on any atom is 0.191 e. The SMILES string of the molecule is CCNC(=NCc1ccnc(N2CCN(C)CC2)c1)NCC1CCCO1. The molecule has 1 aromatic rings. The Morgan fingerprint density at radius 1 is 1.31 bits per heavy atom. The largest absolute Gasteiger partial charge is 0.376 e. The van der Waals surface area contributed by atoms with E-state index >= 15 is 0 Å². The molecule has 1 unspecified atom stereocenters. The summed E-state index contributed by atoms with van der Waals surface area (Å²) in [5.41, 5.74) is 1.18. The molecule has 7 heteroatoms. The van der Waals surface area contributed by atoms with Crippen molar-refractivity contribution in [3.63, 3.8) is 0 Å². The first-order chi connectivity index (χ1) is 12.7. The second kappa shape index (κ2) is 9.73. The summed E-state index contributed by atoms with van der Waals surface area (Å²) in [6.07, 6.45) is 4.49. The number of piperazine rings is 1. The lowest BCUT2D eigenvalue weighted by Gasteiger charge is -2.33. The maximum atomic E-state index is 5.67. The molecule has 3 heterocycles. The van der Waals surface area contributed by atoms with Gasteiger partial charge >= 0.3 is 0 Å². The summed E-state index contributed by atoms with van der Waals surface area (Å²) in [6, 6.07) is 4.21. The highest BCUT2D eigenvalue weighted by molar-refractivity contribution is 5.79. The average Bonchev–Trinajstić information content (AvgIpc) is 3.18. The van der Waals surface area contributed by atoms with Crippen LogP contribution in [0.5, 0.6) is 0 Å². The first-order valence-electron chi connectivity index (χ1n) is 9.77. The standard InChI is InChI=1S/C19H32N6O/c1-3-20-19(23-15-17-5-4-12-26-17)22-14-16-6-7-21-18(13-16)25-10-8-24(2)9-11-25/h6-7,13,17H,3-5,8-12,14-15H2,1-2H3,(H2,20,22,23). The van der Waals surface area contributed by atoms with Crippen LogP contribution in [0.4, 0.5) is 5.82 Å². The predicted molar refractivity (Wildman–Crippen MR) is 106 cm³/mol. The number of hydrogen-bond donors (Lipinski definition) is 2. The number of guanidine groups is 1. The van der Waals surface area contributed by atoms with Gasteiger partial charge in [0.25, 0.3) is 0 Å². The Bertz CT molecular complexity index is 579. The maximum absolute atomic E-state index is 5.67. The Labute approximate surface area is 156 Å². The van der Waals surface area contributed by atoms with Crippen molar-refractivity contribution in [2.75, 3.05) is 57.8 Å². The van der Waals surface area contributed by atoms with E-state index in [0.717, 1.165) is 70.5 Å². The number of anilines is 1. The van der Waals surface area contributed by atoms with Crippen LogP contribution in [0.2, 0.25) is 0 Å². The summed E-state index contributed by atoms with van der Waals surface area (Å²) in [5.74, 6) is 1.91. The van der Waals surface area contributed by atoms with Gasteiger partial charge in [0.1, 0.15) is 5.82 Å². The quantitative estimate of drug-likeness (QED) is 0.584. The monoisotopic (exact) mass is 360 g/mol. The molecule has 144 valence electrons. The molecule has 0 aromatic carbocycles. The van der Waals surface area contributed by atoms with E-state index in [1.807, 2.05) is 12.3 Å². The van der Waals surface area contributed by atoms with E-state index in [1.165, 1.54) is 5.56 Å². The third-order valence-corrected chi connectivity index (χ3v) is 4.92. The van der Waals surface area contributed by atoms with Gasteiger partial charge in [0, 0.05) is 52.1 Å². The van der Waals surface area contributed by atoms with E-state index in [-0.39, 0.29) is 0 Å². The number of nitrogens with one attached hydrogen (secondary N) is 2. The fourth-order valence-electron chi connectivity index (χ4n) is 3.30. The Morgan fingerprint density at radius 3 is 2.88 bits per heavy atom. The van der Waals surface area contributed by atoms with Crippen molar-refractivity contribution >= 4 is 11.8 Å². The van der Waals surface area contributed by atoms with E-state index in [9.17, 15) is 0 Å². The number of aliphatic imine (C=N–C) groups is 1. The van der Waals surface area contributed by atoms with Crippen LogP contribution in [0.1, 0.15) is 25.3 Å². The van der Waals surface area contributed by atoms with E-state index in [1.54, 1.807) is 0 Å². The summed E-state index contributed by atoms with van der Waals surface area (Å²) >= 11 is 0. The second-order valence-corrected chi connectivity index (χ2v) is 7.02. The van der Waals surface area contributed by atoms with Crippen LogP contribution in [0.25, 0.3) is 0 Å². The molecule has 0 amide bonds. The van der Waals surface area contributed by atoms with Crippen molar-refractivity contribution < 1.29 is 4.74 Å². The van der Waals surface area contributed by atoms with Crippen molar-refractivity contribution in [3.05, 3.63) is 23.9 Å². The Kier molecular flexibility index (Phi) is 7.08. The lowest BCUT2D eigenvalue weighted by Crippen LogP contribution is -2.44. The van der Waals surface area contributed by atoms with E-state index < -0.39 is 0 Å². The summed E-state index contributed by atoms with van der Waals surface area (Å²) < 4.78 is 5.67. The third kappa shape index (κ3) is 5.57. The van der Waals surface area contributed by atoms with Gasteiger partial charge in [0.15, 0.2) is 5.96 Å². The van der Waals surface area contributed by atoms with Crippen LogP contribution in [-0.2, 0) is 11.3 Å². The third-order valence-electron chi connectivity index (χ3n) is 4.92. The highest BCUT2D eigenvalue weighted by Crippen LogP contribution is 2.15. The number of pyridine rings is 1. The molecule has 0 aliphatic carbocycles. The molecule has 1 atom stereocenters. The summed E-state index contributed by atoms with van der Waals surface area (Å²) in [6.45, 7) is 9.50. The van der Waals surface area contributed by atoms with Gasteiger partial charge in [0.2, 0.25) is 0 Å². The summed E-state index contributed by atoms with van der Waals surface area (Å²) in [4.78, 5) is 14.0. The van der Waals surface area contributed by atoms with Gasteiger partial charge in [-0.15, -0.1) is 0 Å². The van der Waals surface area contributed by atoms with E-state index in [4.69, 9.17) is 9.73 Å². The van der Waals surface area contributed by atoms with Gasteiger partial charge in [-0.25, -0.2) is 9.98 Å². The molecule has 26 heavy (non-hydrogen) atoms. The minimum absolute atomic E-state index is 0.309. The zero-order valence-corrected chi connectivity index (χ0v) is 16.1. The molecule has 2 N–H and O–H groups in total. The number of likely N-dealkylation sites (N-methyl/N-ethyl adjacent to an activating group) is 1. The summed E-state index contributed by atoms with van der Waals surface area (Å²) in [5, 5.41) is 6.71. The minimum Gasteiger partial charge on any atom is -0.376 e. The normalized spacial score (nSPS) is 21.8. The highest BCUT2D eigenvalue weighted by Gasteiger charge is 2.16. The van der Waals surface area contributed by atoms with Crippen molar-refractivity contribution in [1.29, 1.82) is 0 Å². The van der Waals surface area contributed by atoms with Crippen LogP contribution in [0, 0.1) is 0 Å². The van der Waals surface area contributed by atoms with E-state index in [2.05, 4.69) is 45.5 Å². The van der Waals surface area contributed by atoms with Crippen LogP contribution in [0.15, 0.2) is 23.3 Å². The molecular formula is C19H32N6O.